The van der Waals surface area contributed by atoms with Crippen LogP contribution in [0.5, 0.6) is 0 Å². The molecule has 0 spiro atoms. The summed E-state index contributed by atoms with van der Waals surface area (Å²) in [6, 6.07) is 42.2. The summed E-state index contributed by atoms with van der Waals surface area (Å²) >= 11 is 0. The molecule has 0 unspecified atom stereocenters. The maximum atomic E-state index is 12.8. The average Bonchev–Trinajstić information content (AvgIpc) is 3.32. The minimum Gasteiger partial charge on any atom is -0.744 e. The first-order valence-electron chi connectivity index (χ1n) is 20.9. The molecule has 68 heavy (non-hydrogen) atoms. The lowest BCUT2D eigenvalue weighted by Crippen LogP contribution is -2.36. The predicted octanol–water partition coefficient (Wildman–Crippen LogP) is 7.11. The summed E-state index contributed by atoms with van der Waals surface area (Å²) in [6.07, 6.45) is 3.78. The van der Waals surface area contributed by atoms with Crippen molar-refractivity contribution in [2.24, 2.45) is 0 Å². The van der Waals surface area contributed by atoms with Gasteiger partial charge in [-0.25, -0.2) is 46.2 Å². The molecule has 0 aliphatic carbocycles. The molecular weight excluding hydrogens is 909 g/mol. The van der Waals surface area contributed by atoms with Crippen LogP contribution >= 0.6 is 0 Å². The molecular formula is C50H48N6O10S2. The number of nitrogens with one attached hydrogen (secondary N) is 4. The Labute approximate surface area is 394 Å². The maximum Gasteiger partial charge on any atom is 0.339 e. The lowest BCUT2D eigenvalue weighted by atomic mass is 10.1. The largest absolute Gasteiger partial charge is 0.744 e. The number of hydrogen-bond acceptors (Lipinski definition) is 10. The van der Waals surface area contributed by atoms with Crippen LogP contribution in [0.25, 0.3) is 0 Å². The monoisotopic (exact) mass is 956 g/mol. The van der Waals surface area contributed by atoms with Crippen molar-refractivity contribution < 1.29 is 54.3 Å². The van der Waals surface area contributed by atoms with E-state index in [4.69, 9.17) is 0 Å². The van der Waals surface area contributed by atoms with Gasteiger partial charge in [-0.1, -0.05) is 47.5 Å². The van der Waals surface area contributed by atoms with Gasteiger partial charge in [-0.2, -0.15) is 0 Å². The van der Waals surface area contributed by atoms with Gasteiger partial charge in [0.25, 0.3) is 23.5 Å². The average molecular weight is 957 g/mol. The molecule has 350 valence electrons. The van der Waals surface area contributed by atoms with Gasteiger partial charge in [-0.3, -0.25) is 9.59 Å². The Bertz CT molecular complexity index is 2880. The number of carbonyl (C=O) groups excluding carboxylic acids is 4. The minimum atomic E-state index is -4.27. The zero-order valence-electron chi connectivity index (χ0n) is 37.4. The lowest BCUT2D eigenvalue weighted by Gasteiger charge is -2.09. The molecule has 0 aliphatic heterocycles. The molecule has 7 aromatic rings. The van der Waals surface area contributed by atoms with Crippen LogP contribution < -0.4 is 30.4 Å². The third kappa shape index (κ3) is 15.1. The van der Waals surface area contributed by atoms with Crippen molar-refractivity contribution in [1.82, 2.24) is 0 Å². The maximum absolute atomic E-state index is 12.8. The van der Waals surface area contributed by atoms with Crippen molar-refractivity contribution in [3.05, 3.63) is 203 Å². The van der Waals surface area contributed by atoms with Gasteiger partial charge >= 0.3 is 11.8 Å². The Morgan fingerprint density at radius 1 is 0.412 bits per heavy atom. The fourth-order valence-corrected chi connectivity index (χ4v) is 7.05. The molecule has 0 radical (unpaired) electrons. The first-order chi connectivity index (χ1) is 32.3. The van der Waals surface area contributed by atoms with E-state index >= 15 is 0 Å². The van der Waals surface area contributed by atoms with Crippen LogP contribution in [0.15, 0.2) is 180 Å². The number of pyridine rings is 2. The number of anilines is 4. The van der Waals surface area contributed by atoms with E-state index in [1.165, 1.54) is 24.3 Å². The van der Waals surface area contributed by atoms with Gasteiger partial charge in [0.1, 0.15) is 20.2 Å². The first kappa shape index (κ1) is 51.1. The fraction of sp³-hybridized carbons (Fsp3) is 0.120. The van der Waals surface area contributed by atoms with Crippen molar-refractivity contribution in [3.8, 4) is 0 Å². The highest BCUT2D eigenvalue weighted by atomic mass is 32.2. The highest BCUT2D eigenvalue weighted by Crippen LogP contribution is 2.17. The molecule has 2 heterocycles. The topological polar surface area (TPSA) is 239 Å². The number of aromatic nitrogens is 2. The van der Waals surface area contributed by atoms with Crippen LogP contribution in [-0.2, 0) is 33.3 Å². The first-order valence-corrected chi connectivity index (χ1v) is 23.7. The van der Waals surface area contributed by atoms with E-state index in [-0.39, 0.29) is 33.4 Å². The van der Waals surface area contributed by atoms with Gasteiger partial charge in [0.05, 0.1) is 46.4 Å². The number of aryl methyl sites for hydroxylation is 4. The second-order valence-electron chi connectivity index (χ2n) is 14.8. The second-order valence-corrected chi connectivity index (χ2v) is 17.6. The summed E-state index contributed by atoms with van der Waals surface area (Å²) < 4.78 is 66.2. The molecule has 16 nitrogen and oxygen atoms in total. The van der Waals surface area contributed by atoms with E-state index in [0.717, 1.165) is 24.2 Å². The van der Waals surface area contributed by atoms with Crippen LogP contribution in [0.1, 0.15) is 66.4 Å². The van der Waals surface area contributed by atoms with Gasteiger partial charge in [0.2, 0.25) is 0 Å². The van der Waals surface area contributed by atoms with E-state index in [9.17, 15) is 45.1 Å². The van der Waals surface area contributed by atoms with Gasteiger partial charge < -0.3 is 19.7 Å². The molecule has 2 aromatic heterocycles. The van der Waals surface area contributed by atoms with Crippen molar-refractivity contribution >= 4 is 66.9 Å². The zero-order valence-corrected chi connectivity index (χ0v) is 39.0. The SMILES string of the molecule is CC[n+]1ccccc1NC(=O)c1ccc(NC(=O)c2ccc(C(=O)Nc3ccc(C(=O)Nc4cccc[n+]4CC)cc3)cc2)cc1.Cc1ccc(S(=O)(=O)[O-])cc1.Cc1ccc(S(=O)(=O)[O-])cc1. The number of rotatable bonds is 12. The Morgan fingerprint density at radius 2 is 0.691 bits per heavy atom. The molecule has 0 saturated carbocycles. The van der Waals surface area contributed by atoms with E-state index in [1.54, 1.807) is 97.1 Å². The normalized spacial score (nSPS) is 10.8. The molecule has 0 atom stereocenters. The lowest BCUT2D eigenvalue weighted by molar-refractivity contribution is -0.679. The van der Waals surface area contributed by atoms with Gasteiger partial charge in [0, 0.05) is 34.6 Å². The smallest absolute Gasteiger partial charge is 0.339 e. The van der Waals surface area contributed by atoms with Gasteiger partial charge in [-0.15, -0.1) is 0 Å². The standard InChI is InChI=1S/C36H32N6O4.2C7H8O3S/c1-3-41-23-7-5-9-31(41)39-35(45)27-15-19-29(20-16-27)37-33(43)25-11-13-26(14-12-25)34(44)38-30-21-17-28(18-22-30)36(46)40-32-10-6-8-24-42(32)4-2;2*1-6-2-4-7(5-3-6)11(8,9)10/h5-24H,3-4H2,1-2H3,(H2,37,38,43,44,45,46);2*2-5H,1H3,(H,8,9,10). The minimum absolute atomic E-state index is 0.178. The molecule has 0 saturated heterocycles. The Hall–Kier alpha value is -7.90. The number of carbonyl (C=O) groups is 4. The number of nitrogens with zero attached hydrogens (tertiary/aromatic N) is 2. The van der Waals surface area contributed by atoms with Gasteiger partial charge in [-0.05, 0) is 137 Å². The fourth-order valence-electron chi connectivity index (χ4n) is 6.11. The van der Waals surface area contributed by atoms with Crippen LogP contribution in [0, 0.1) is 13.8 Å². The zero-order chi connectivity index (χ0) is 49.4. The molecule has 4 N–H and O–H groups in total. The Kier molecular flexibility index (Phi) is 17.7. The van der Waals surface area contributed by atoms with Crippen LogP contribution in [0.4, 0.5) is 23.0 Å². The van der Waals surface area contributed by atoms with E-state index < -0.39 is 20.2 Å². The van der Waals surface area contributed by atoms with Crippen molar-refractivity contribution in [2.75, 3.05) is 21.3 Å². The van der Waals surface area contributed by atoms with Crippen LogP contribution in [0.2, 0.25) is 0 Å². The summed E-state index contributed by atoms with van der Waals surface area (Å²) in [4.78, 5) is 50.7. The predicted molar refractivity (Wildman–Crippen MR) is 254 cm³/mol. The molecule has 0 bridgehead atoms. The summed E-state index contributed by atoms with van der Waals surface area (Å²) in [6.45, 7) is 9.07. The Balaban J connectivity index is 0.000000319. The molecule has 18 heteroatoms. The summed E-state index contributed by atoms with van der Waals surface area (Å²) in [5.74, 6) is 0.160. The van der Waals surface area contributed by atoms with E-state index in [2.05, 4.69) is 21.3 Å². The van der Waals surface area contributed by atoms with Crippen molar-refractivity contribution in [1.29, 1.82) is 0 Å². The van der Waals surface area contributed by atoms with Gasteiger partial charge in [0.15, 0.2) is 0 Å². The molecule has 7 rings (SSSR count). The Morgan fingerprint density at radius 3 is 0.971 bits per heavy atom. The van der Waals surface area contributed by atoms with Crippen LogP contribution in [0.3, 0.4) is 0 Å². The highest BCUT2D eigenvalue weighted by molar-refractivity contribution is 7.86. The van der Waals surface area contributed by atoms with Crippen molar-refractivity contribution in [3.63, 3.8) is 0 Å². The summed E-state index contributed by atoms with van der Waals surface area (Å²) in [5, 5.41) is 11.4. The molecule has 5 aromatic carbocycles. The number of hydrogen-bond donors (Lipinski definition) is 4. The molecule has 0 aliphatic rings. The highest BCUT2D eigenvalue weighted by Gasteiger charge is 2.17. The third-order valence-corrected chi connectivity index (χ3v) is 11.6. The number of benzene rings is 5. The second kappa shape index (κ2) is 23.5. The molecule has 0 fully saturated rings. The number of amides is 4. The molecule has 4 amide bonds. The third-order valence-electron chi connectivity index (χ3n) is 9.88. The summed E-state index contributed by atoms with van der Waals surface area (Å²) in [5.41, 5.74) is 4.54. The van der Waals surface area contributed by atoms with E-state index in [1.807, 2.05) is 85.6 Å². The van der Waals surface area contributed by atoms with Crippen molar-refractivity contribution in [2.45, 2.75) is 50.6 Å². The quantitative estimate of drug-likeness (QED) is 0.0715. The van der Waals surface area contributed by atoms with E-state index in [0.29, 0.717) is 45.3 Å². The van der Waals surface area contributed by atoms with Crippen LogP contribution in [-0.4, -0.2) is 49.6 Å². The summed E-state index contributed by atoms with van der Waals surface area (Å²) in [7, 11) is -8.54.